The topological polar surface area (TPSA) is 62.3 Å². The molecule has 1 aliphatic rings. The van der Waals surface area contributed by atoms with Gasteiger partial charge in [-0.15, -0.1) is 0 Å². The van der Waals surface area contributed by atoms with Crippen LogP contribution in [0, 0.1) is 17.2 Å². The Kier molecular flexibility index (Phi) is 5.40. The molecule has 0 saturated carbocycles. The largest absolute Gasteiger partial charge is 0.495 e. The number of hydrogen-bond donors (Lipinski definition) is 1. The normalized spacial score (nSPS) is 19.6. The maximum absolute atomic E-state index is 9.13. The molecule has 4 nitrogen and oxygen atoms in total. The highest BCUT2D eigenvalue weighted by molar-refractivity contribution is 5.45. The molecule has 1 fully saturated rings. The quantitative estimate of drug-likeness (QED) is 0.892. The summed E-state index contributed by atoms with van der Waals surface area (Å²) in [5.41, 5.74) is 7.45. The van der Waals surface area contributed by atoms with E-state index >= 15 is 0 Å². The van der Waals surface area contributed by atoms with E-state index in [0.29, 0.717) is 11.3 Å². The zero-order chi connectivity index (χ0) is 14.4. The number of nitriles is 1. The maximum atomic E-state index is 9.13. The molecule has 0 radical (unpaired) electrons. The van der Waals surface area contributed by atoms with Crippen LogP contribution in [0.3, 0.4) is 0 Å². The van der Waals surface area contributed by atoms with Gasteiger partial charge in [0, 0.05) is 13.1 Å². The van der Waals surface area contributed by atoms with E-state index in [4.69, 9.17) is 15.7 Å². The van der Waals surface area contributed by atoms with Gasteiger partial charge in [0.15, 0.2) is 0 Å². The molecule has 0 aliphatic carbocycles. The molecule has 1 heterocycles. The molecule has 1 aromatic rings. The van der Waals surface area contributed by atoms with Crippen molar-refractivity contribution in [3.63, 3.8) is 0 Å². The van der Waals surface area contributed by atoms with Crippen LogP contribution in [0.25, 0.3) is 0 Å². The van der Waals surface area contributed by atoms with Crippen LogP contribution < -0.4 is 10.5 Å². The van der Waals surface area contributed by atoms with Gasteiger partial charge in [-0.3, -0.25) is 4.90 Å². The number of nitrogens with two attached hydrogens (primary N) is 1. The van der Waals surface area contributed by atoms with Crippen molar-refractivity contribution in [2.75, 3.05) is 26.7 Å². The Bertz CT molecular complexity index is 479. The summed E-state index contributed by atoms with van der Waals surface area (Å²) in [6.07, 6.45) is 3.65. The zero-order valence-electron chi connectivity index (χ0n) is 12.1. The average Bonchev–Trinajstić information content (AvgIpc) is 2.48. The van der Waals surface area contributed by atoms with Crippen LogP contribution in [0.5, 0.6) is 5.75 Å². The van der Waals surface area contributed by atoms with Gasteiger partial charge >= 0.3 is 0 Å². The monoisotopic (exact) mass is 273 g/mol. The molecule has 2 rings (SSSR count). The van der Waals surface area contributed by atoms with Crippen molar-refractivity contribution in [2.24, 2.45) is 11.7 Å². The molecule has 1 aromatic carbocycles. The summed E-state index contributed by atoms with van der Waals surface area (Å²) >= 11 is 0. The lowest BCUT2D eigenvalue weighted by molar-refractivity contribution is 0.163. The second kappa shape index (κ2) is 7.28. The Morgan fingerprint density at radius 1 is 1.50 bits per heavy atom. The highest BCUT2D eigenvalue weighted by atomic mass is 16.5. The molecule has 0 spiro atoms. The number of ether oxygens (including phenoxy) is 1. The zero-order valence-corrected chi connectivity index (χ0v) is 12.1. The number of nitrogens with zero attached hydrogens (tertiary/aromatic N) is 2. The number of methoxy groups -OCH3 is 1. The number of piperidine rings is 1. The Balaban J connectivity index is 2.01. The molecule has 20 heavy (non-hydrogen) atoms. The van der Waals surface area contributed by atoms with Crippen LogP contribution in [0.2, 0.25) is 0 Å². The third-order valence-corrected chi connectivity index (χ3v) is 3.97. The predicted octanol–water partition coefficient (Wildman–Crippen LogP) is 2.13. The lowest BCUT2D eigenvalue weighted by Crippen LogP contribution is -2.35. The first-order valence-corrected chi connectivity index (χ1v) is 7.26. The molecule has 4 heteroatoms. The van der Waals surface area contributed by atoms with Crippen molar-refractivity contribution in [3.05, 3.63) is 29.3 Å². The summed E-state index contributed by atoms with van der Waals surface area (Å²) in [6, 6.07) is 8.06. The minimum absolute atomic E-state index is 0.612. The van der Waals surface area contributed by atoms with Gasteiger partial charge in [0.05, 0.1) is 12.7 Å². The Labute approximate surface area is 121 Å². The van der Waals surface area contributed by atoms with Gasteiger partial charge in [0.25, 0.3) is 0 Å². The molecule has 0 amide bonds. The summed E-state index contributed by atoms with van der Waals surface area (Å²) in [5, 5.41) is 9.13. The molecular formula is C16H23N3O. The Morgan fingerprint density at radius 2 is 2.35 bits per heavy atom. The molecular weight excluding hydrogens is 250 g/mol. The fraction of sp³-hybridized carbons (Fsp3) is 0.562. The third-order valence-electron chi connectivity index (χ3n) is 3.97. The predicted molar refractivity (Wildman–Crippen MR) is 79.4 cm³/mol. The van der Waals surface area contributed by atoms with E-state index in [2.05, 4.69) is 11.0 Å². The van der Waals surface area contributed by atoms with Crippen LogP contribution in [0.15, 0.2) is 18.2 Å². The number of rotatable bonds is 5. The molecule has 0 bridgehead atoms. The van der Waals surface area contributed by atoms with Crippen molar-refractivity contribution < 1.29 is 4.74 Å². The van der Waals surface area contributed by atoms with Gasteiger partial charge in [0.1, 0.15) is 11.8 Å². The molecule has 108 valence electrons. The summed E-state index contributed by atoms with van der Waals surface area (Å²) < 4.78 is 5.18. The summed E-state index contributed by atoms with van der Waals surface area (Å²) in [5.74, 6) is 1.37. The van der Waals surface area contributed by atoms with Crippen LogP contribution in [-0.4, -0.2) is 31.6 Å². The second-order valence-corrected chi connectivity index (χ2v) is 5.47. The lowest BCUT2D eigenvalue weighted by atomic mass is 9.94. The minimum atomic E-state index is 0.612. The van der Waals surface area contributed by atoms with E-state index in [1.807, 2.05) is 18.2 Å². The van der Waals surface area contributed by atoms with Gasteiger partial charge in [-0.2, -0.15) is 5.26 Å². The first-order valence-electron chi connectivity index (χ1n) is 7.26. The average molecular weight is 273 g/mol. The first kappa shape index (κ1) is 14.8. The lowest BCUT2D eigenvalue weighted by Gasteiger charge is -2.32. The van der Waals surface area contributed by atoms with Gasteiger partial charge in [-0.1, -0.05) is 6.07 Å². The van der Waals surface area contributed by atoms with Crippen LogP contribution >= 0.6 is 0 Å². The van der Waals surface area contributed by atoms with Crippen LogP contribution in [0.1, 0.15) is 30.4 Å². The van der Waals surface area contributed by atoms with E-state index in [1.54, 1.807) is 7.11 Å². The van der Waals surface area contributed by atoms with Crippen molar-refractivity contribution in [1.82, 2.24) is 4.90 Å². The van der Waals surface area contributed by atoms with Crippen molar-refractivity contribution >= 4 is 0 Å². The highest BCUT2D eigenvalue weighted by Gasteiger charge is 2.19. The van der Waals surface area contributed by atoms with Gasteiger partial charge in [-0.25, -0.2) is 0 Å². The molecule has 1 atom stereocenters. The van der Waals surface area contributed by atoms with Crippen molar-refractivity contribution in [3.8, 4) is 11.8 Å². The summed E-state index contributed by atoms with van der Waals surface area (Å²) in [4.78, 5) is 2.47. The van der Waals surface area contributed by atoms with E-state index < -0.39 is 0 Å². The fourth-order valence-corrected chi connectivity index (χ4v) is 2.97. The van der Waals surface area contributed by atoms with E-state index in [0.717, 1.165) is 38.5 Å². The molecule has 2 N–H and O–H groups in total. The van der Waals surface area contributed by atoms with E-state index in [1.165, 1.54) is 18.4 Å². The van der Waals surface area contributed by atoms with Gasteiger partial charge in [0.2, 0.25) is 0 Å². The number of hydrogen-bond acceptors (Lipinski definition) is 4. The standard InChI is InChI=1S/C16H23N3O/c1-20-16-5-4-14(9-15(16)10-18)12-19-8-2-3-13(11-19)6-7-17/h4-5,9,13H,2-3,6-8,11-12,17H2,1H3. The molecule has 1 saturated heterocycles. The molecule has 0 aromatic heterocycles. The minimum Gasteiger partial charge on any atom is -0.495 e. The van der Waals surface area contributed by atoms with Crippen LogP contribution in [0.4, 0.5) is 0 Å². The molecule has 1 aliphatic heterocycles. The smallest absolute Gasteiger partial charge is 0.136 e. The molecule has 1 unspecified atom stereocenters. The fourth-order valence-electron chi connectivity index (χ4n) is 2.97. The van der Waals surface area contributed by atoms with E-state index in [-0.39, 0.29) is 0 Å². The third kappa shape index (κ3) is 3.72. The highest BCUT2D eigenvalue weighted by Crippen LogP contribution is 2.23. The van der Waals surface area contributed by atoms with E-state index in [9.17, 15) is 0 Å². The first-order chi connectivity index (χ1) is 9.76. The number of likely N-dealkylation sites (tertiary alicyclic amines) is 1. The van der Waals surface area contributed by atoms with Crippen molar-refractivity contribution in [2.45, 2.75) is 25.8 Å². The SMILES string of the molecule is COc1ccc(CN2CCCC(CCN)C2)cc1C#N. The van der Waals surface area contributed by atoms with Crippen molar-refractivity contribution in [1.29, 1.82) is 5.26 Å². The number of benzene rings is 1. The Hall–Kier alpha value is -1.57. The summed E-state index contributed by atoms with van der Waals surface area (Å²) in [7, 11) is 1.60. The van der Waals surface area contributed by atoms with Crippen LogP contribution in [-0.2, 0) is 6.54 Å². The maximum Gasteiger partial charge on any atom is 0.136 e. The van der Waals surface area contributed by atoms with Gasteiger partial charge in [-0.05, 0) is 56.0 Å². The van der Waals surface area contributed by atoms with Gasteiger partial charge < -0.3 is 10.5 Å². The second-order valence-electron chi connectivity index (χ2n) is 5.47. The summed E-state index contributed by atoms with van der Waals surface area (Å²) in [6.45, 7) is 3.93. The Morgan fingerprint density at radius 3 is 3.05 bits per heavy atom.